The molecule has 0 heterocycles. The highest BCUT2D eigenvalue weighted by Gasteiger charge is 2.43. The molecule has 0 fully saturated rings. The lowest BCUT2D eigenvalue weighted by Crippen LogP contribution is -2.50. The summed E-state index contributed by atoms with van der Waals surface area (Å²) >= 11 is 0. The van der Waals surface area contributed by atoms with Gasteiger partial charge in [0.25, 0.3) is 0 Å². The maximum Gasteiger partial charge on any atom is 0.233 e. The molecular weight excluding hydrogens is 340 g/mol. The number of nitrogens with two attached hydrogens (primary N) is 2. The van der Waals surface area contributed by atoms with E-state index in [9.17, 15) is 9.59 Å². The second kappa shape index (κ2) is 8.12. The van der Waals surface area contributed by atoms with Gasteiger partial charge in [0, 0.05) is 39.6 Å². The molecule has 4 N–H and O–H groups in total. The minimum atomic E-state index is -1.47. The molecule has 0 saturated carbocycles. The topological polar surface area (TPSA) is 92.7 Å². The highest BCUT2D eigenvalue weighted by atomic mass is 16.2. The van der Waals surface area contributed by atoms with Gasteiger partial charge in [0.05, 0.1) is 0 Å². The van der Waals surface area contributed by atoms with Crippen LogP contribution < -0.4 is 21.3 Å². The SMILES string of the molecule is CN(C)c1ccc(CC(Cc2ccc(N(C)C)cc2)(C(N)=O)C(N)=O)cc1. The van der Waals surface area contributed by atoms with Crippen molar-refractivity contribution in [3.05, 3.63) is 59.7 Å². The van der Waals surface area contributed by atoms with E-state index in [0.717, 1.165) is 22.5 Å². The fourth-order valence-corrected chi connectivity index (χ4v) is 3.05. The lowest BCUT2D eigenvalue weighted by molar-refractivity contribution is -0.139. The maximum absolute atomic E-state index is 12.3. The number of rotatable bonds is 8. The van der Waals surface area contributed by atoms with Crippen molar-refractivity contribution < 1.29 is 9.59 Å². The summed E-state index contributed by atoms with van der Waals surface area (Å²) < 4.78 is 0. The third-order valence-corrected chi connectivity index (χ3v) is 4.86. The highest BCUT2D eigenvalue weighted by Crippen LogP contribution is 2.29. The number of hydrogen-bond donors (Lipinski definition) is 2. The highest BCUT2D eigenvalue weighted by molar-refractivity contribution is 6.04. The number of amides is 2. The predicted octanol–water partition coefficient (Wildman–Crippen LogP) is 1.56. The third kappa shape index (κ3) is 4.58. The van der Waals surface area contributed by atoms with Gasteiger partial charge in [0.1, 0.15) is 5.41 Å². The largest absolute Gasteiger partial charge is 0.378 e. The van der Waals surface area contributed by atoms with Crippen molar-refractivity contribution in [2.75, 3.05) is 38.0 Å². The van der Waals surface area contributed by atoms with Gasteiger partial charge in [-0.3, -0.25) is 9.59 Å². The first kappa shape index (κ1) is 20.3. The number of primary amides is 2. The summed E-state index contributed by atoms with van der Waals surface area (Å²) in [6.07, 6.45) is 0.335. The molecule has 2 rings (SSSR count). The van der Waals surface area contributed by atoms with Gasteiger partial charge < -0.3 is 21.3 Å². The molecular formula is C21H28N4O2. The quantitative estimate of drug-likeness (QED) is 0.692. The van der Waals surface area contributed by atoms with Crippen LogP contribution in [0.4, 0.5) is 11.4 Å². The van der Waals surface area contributed by atoms with E-state index in [1.54, 1.807) is 0 Å². The van der Waals surface area contributed by atoms with Crippen LogP contribution in [-0.2, 0) is 22.4 Å². The maximum atomic E-state index is 12.3. The fraction of sp³-hybridized carbons (Fsp3) is 0.333. The van der Waals surface area contributed by atoms with Gasteiger partial charge in [-0.2, -0.15) is 0 Å². The van der Waals surface area contributed by atoms with Crippen molar-refractivity contribution in [3.63, 3.8) is 0 Å². The second-order valence-corrected chi connectivity index (χ2v) is 7.29. The summed E-state index contributed by atoms with van der Waals surface area (Å²) in [4.78, 5) is 28.6. The van der Waals surface area contributed by atoms with Crippen LogP contribution in [0.1, 0.15) is 11.1 Å². The smallest absolute Gasteiger partial charge is 0.233 e. The number of nitrogens with zero attached hydrogens (tertiary/aromatic N) is 2. The fourth-order valence-electron chi connectivity index (χ4n) is 3.05. The Morgan fingerprint density at radius 1 is 0.704 bits per heavy atom. The van der Waals surface area contributed by atoms with E-state index in [2.05, 4.69) is 0 Å². The van der Waals surface area contributed by atoms with Crippen LogP contribution in [0.3, 0.4) is 0 Å². The molecule has 144 valence electrons. The van der Waals surface area contributed by atoms with Crippen molar-refractivity contribution >= 4 is 23.2 Å². The van der Waals surface area contributed by atoms with Gasteiger partial charge in [0.2, 0.25) is 11.8 Å². The lowest BCUT2D eigenvalue weighted by atomic mass is 9.75. The minimum absolute atomic E-state index is 0.167. The lowest BCUT2D eigenvalue weighted by Gasteiger charge is -2.28. The van der Waals surface area contributed by atoms with Crippen LogP contribution in [0.25, 0.3) is 0 Å². The first-order chi connectivity index (χ1) is 12.7. The van der Waals surface area contributed by atoms with Gasteiger partial charge in [-0.1, -0.05) is 24.3 Å². The summed E-state index contributed by atoms with van der Waals surface area (Å²) in [6, 6.07) is 15.3. The van der Waals surface area contributed by atoms with Crippen LogP contribution in [0.2, 0.25) is 0 Å². The Morgan fingerprint density at radius 3 is 1.22 bits per heavy atom. The van der Waals surface area contributed by atoms with E-state index >= 15 is 0 Å². The average molecular weight is 368 g/mol. The molecule has 0 saturated heterocycles. The predicted molar refractivity (Wildman–Crippen MR) is 110 cm³/mol. The summed E-state index contributed by atoms with van der Waals surface area (Å²) in [5, 5.41) is 0. The molecule has 0 aliphatic carbocycles. The van der Waals surface area contributed by atoms with Crippen LogP contribution in [0.5, 0.6) is 0 Å². The molecule has 0 unspecified atom stereocenters. The van der Waals surface area contributed by atoms with E-state index < -0.39 is 17.2 Å². The summed E-state index contributed by atoms with van der Waals surface area (Å²) in [6.45, 7) is 0. The Balaban J connectivity index is 2.34. The van der Waals surface area contributed by atoms with E-state index in [1.165, 1.54) is 0 Å². The molecule has 0 aliphatic heterocycles. The normalized spacial score (nSPS) is 11.1. The van der Waals surface area contributed by atoms with Gasteiger partial charge in [-0.05, 0) is 48.2 Å². The standard InChI is InChI=1S/C21H28N4O2/c1-24(2)17-9-5-15(6-10-17)13-21(19(22)26,20(23)27)14-16-7-11-18(12-8-16)25(3)4/h5-12H,13-14H2,1-4H3,(H2,22,26)(H2,23,27). The number of anilines is 2. The molecule has 2 aromatic rings. The number of carbonyl (C=O) groups excluding carboxylic acids is 2. The van der Waals surface area contributed by atoms with Crippen LogP contribution >= 0.6 is 0 Å². The Labute approximate surface area is 160 Å². The van der Waals surface area contributed by atoms with E-state index in [-0.39, 0.29) is 12.8 Å². The second-order valence-electron chi connectivity index (χ2n) is 7.29. The Morgan fingerprint density at radius 2 is 1.00 bits per heavy atom. The van der Waals surface area contributed by atoms with Gasteiger partial charge in [-0.15, -0.1) is 0 Å². The Kier molecular flexibility index (Phi) is 6.10. The molecule has 2 aromatic carbocycles. The molecule has 0 atom stereocenters. The molecule has 0 spiro atoms. The first-order valence-electron chi connectivity index (χ1n) is 8.78. The molecule has 0 aromatic heterocycles. The average Bonchev–Trinajstić information content (AvgIpc) is 2.61. The number of hydrogen-bond acceptors (Lipinski definition) is 4. The van der Waals surface area contributed by atoms with Gasteiger partial charge in [0.15, 0.2) is 0 Å². The Hall–Kier alpha value is -3.02. The van der Waals surface area contributed by atoms with Crippen LogP contribution in [0.15, 0.2) is 48.5 Å². The molecule has 0 bridgehead atoms. The van der Waals surface area contributed by atoms with Crippen molar-refractivity contribution in [2.24, 2.45) is 16.9 Å². The zero-order valence-electron chi connectivity index (χ0n) is 16.4. The zero-order chi connectivity index (χ0) is 20.2. The van der Waals surface area contributed by atoms with Crippen molar-refractivity contribution in [1.82, 2.24) is 0 Å². The monoisotopic (exact) mass is 368 g/mol. The van der Waals surface area contributed by atoms with Crippen molar-refractivity contribution in [2.45, 2.75) is 12.8 Å². The van der Waals surface area contributed by atoms with Crippen LogP contribution in [-0.4, -0.2) is 40.0 Å². The minimum Gasteiger partial charge on any atom is -0.378 e. The molecule has 6 nitrogen and oxygen atoms in total. The van der Waals surface area contributed by atoms with E-state index in [0.29, 0.717) is 0 Å². The number of benzene rings is 2. The van der Waals surface area contributed by atoms with E-state index in [4.69, 9.17) is 11.5 Å². The summed E-state index contributed by atoms with van der Waals surface area (Å²) in [5.74, 6) is -1.41. The van der Waals surface area contributed by atoms with Gasteiger partial charge in [-0.25, -0.2) is 0 Å². The third-order valence-electron chi connectivity index (χ3n) is 4.86. The summed E-state index contributed by atoms with van der Waals surface area (Å²) in [5.41, 5.74) is 13.6. The molecule has 2 amide bonds. The molecule has 0 aliphatic rings. The first-order valence-corrected chi connectivity index (χ1v) is 8.78. The van der Waals surface area contributed by atoms with Crippen molar-refractivity contribution in [3.8, 4) is 0 Å². The Bertz CT molecular complexity index is 726. The molecule has 27 heavy (non-hydrogen) atoms. The molecule has 6 heteroatoms. The van der Waals surface area contributed by atoms with Crippen molar-refractivity contribution in [1.29, 1.82) is 0 Å². The zero-order valence-corrected chi connectivity index (χ0v) is 16.4. The van der Waals surface area contributed by atoms with Gasteiger partial charge >= 0.3 is 0 Å². The molecule has 0 radical (unpaired) electrons. The number of carbonyl (C=O) groups is 2. The summed E-state index contributed by atoms with van der Waals surface area (Å²) in [7, 11) is 7.79. The van der Waals surface area contributed by atoms with E-state index in [1.807, 2.05) is 86.5 Å². The van der Waals surface area contributed by atoms with Crippen LogP contribution in [0, 0.1) is 5.41 Å².